The number of halogens is 3. The molecule has 1 fully saturated rings. The van der Waals surface area contributed by atoms with E-state index in [1.165, 1.54) is 0 Å². The molecule has 35 heavy (non-hydrogen) atoms. The normalized spacial score (nSPS) is 20.2. The summed E-state index contributed by atoms with van der Waals surface area (Å²) in [5, 5.41) is 3.33. The number of anilines is 1. The van der Waals surface area contributed by atoms with Crippen molar-refractivity contribution in [3.63, 3.8) is 0 Å². The largest absolute Gasteiger partial charge is 0.492 e. The van der Waals surface area contributed by atoms with Gasteiger partial charge in [0.15, 0.2) is 0 Å². The number of ether oxygens (including phenoxy) is 2. The third-order valence-corrected chi connectivity index (χ3v) is 6.82. The SMILES string of the molecule is O=C(N(CNc1cccc(OCCN2CCOCC2)c1)C1(Cc2ccccc2)C=CC1)C(Cl)(Cl)Cl. The van der Waals surface area contributed by atoms with Crippen LogP contribution in [0.4, 0.5) is 5.69 Å². The second-order valence-corrected chi connectivity index (χ2v) is 11.0. The molecule has 1 aliphatic carbocycles. The van der Waals surface area contributed by atoms with Gasteiger partial charge in [0.05, 0.1) is 25.4 Å². The van der Waals surface area contributed by atoms with Crippen molar-refractivity contribution < 1.29 is 14.3 Å². The van der Waals surface area contributed by atoms with Gasteiger partial charge in [0.25, 0.3) is 9.70 Å². The zero-order valence-corrected chi connectivity index (χ0v) is 21.7. The van der Waals surface area contributed by atoms with Gasteiger partial charge >= 0.3 is 0 Å². The highest BCUT2D eigenvalue weighted by molar-refractivity contribution is 6.76. The van der Waals surface area contributed by atoms with E-state index in [0.29, 0.717) is 19.4 Å². The van der Waals surface area contributed by atoms with Crippen LogP contribution >= 0.6 is 34.8 Å². The molecule has 188 valence electrons. The molecule has 1 aliphatic heterocycles. The Morgan fingerprint density at radius 1 is 1.11 bits per heavy atom. The summed E-state index contributed by atoms with van der Waals surface area (Å²) in [4.78, 5) is 17.1. The van der Waals surface area contributed by atoms with E-state index in [4.69, 9.17) is 44.3 Å². The number of hydrogen-bond donors (Lipinski definition) is 1. The summed E-state index contributed by atoms with van der Waals surface area (Å²) in [6.07, 6.45) is 5.36. The highest BCUT2D eigenvalue weighted by Gasteiger charge is 2.46. The molecule has 0 radical (unpaired) electrons. The third kappa shape index (κ3) is 7.05. The number of benzene rings is 2. The summed E-state index contributed by atoms with van der Waals surface area (Å²) < 4.78 is 9.29. The smallest absolute Gasteiger partial charge is 0.276 e. The van der Waals surface area contributed by atoms with Crippen molar-refractivity contribution >= 4 is 46.4 Å². The monoisotopic (exact) mass is 537 g/mol. The molecule has 2 aliphatic rings. The Labute approximate surface area is 221 Å². The Balaban J connectivity index is 1.42. The van der Waals surface area contributed by atoms with Crippen LogP contribution in [0.1, 0.15) is 12.0 Å². The molecule has 0 bridgehead atoms. The van der Waals surface area contributed by atoms with E-state index in [0.717, 1.165) is 49.8 Å². The van der Waals surface area contributed by atoms with Gasteiger partial charge in [-0.25, -0.2) is 0 Å². The zero-order chi connectivity index (χ0) is 24.7. The third-order valence-electron chi connectivity index (χ3n) is 6.33. The van der Waals surface area contributed by atoms with E-state index in [1.807, 2.05) is 66.7 Å². The van der Waals surface area contributed by atoms with Crippen molar-refractivity contribution in [2.75, 3.05) is 51.4 Å². The lowest BCUT2D eigenvalue weighted by Gasteiger charge is -2.47. The maximum Gasteiger partial charge on any atom is 0.276 e. The van der Waals surface area contributed by atoms with Gasteiger partial charge in [-0.3, -0.25) is 9.69 Å². The van der Waals surface area contributed by atoms with E-state index < -0.39 is 15.2 Å². The second kappa shape index (κ2) is 11.8. The Bertz CT molecular complexity index is 1010. The molecule has 1 atom stereocenters. The molecule has 2 aromatic rings. The predicted octanol–water partition coefficient (Wildman–Crippen LogP) is 4.91. The van der Waals surface area contributed by atoms with Crippen LogP contribution in [0.25, 0.3) is 0 Å². The first-order valence-corrected chi connectivity index (χ1v) is 12.9. The number of hydrogen-bond acceptors (Lipinski definition) is 5. The minimum Gasteiger partial charge on any atom is -0.492 e. The maximum atomic E-state index is 13.2. The van der Waals surface area contributed by atoms with Gasteiger partial charge in [0, 0.05) is 31.4 Å². The fraction of sp³-hybridized carbons (Fsp3) is 0.423. The molecule has 1 heterocycles. The second-order valence-electron chi connectivity index (χ2n) is 8.77. The standard InChI is InChI=1S/C26H30Cl3N3O3/c27-26(28,29)24(33)32(25(10-5-11-25)19-21-6-2-1-3-7-21)20-30-22-8-4-9-23(18-22)35-17-14-31-12-15-34-16-13-31/h1-10,18,30H,11-17,19-20H2. The van der Waals surface area contributed by atoms with Crippen molar-refractivity contribution in [2.45, 2.75) is 22.2 Å². The lowest BCUT2D eigenvalue weighted by Crippen LogP contribution is -2.59. The fourth-order valence-corrected chi connectivity index (χ4v) is 4.64. The van der Waals surface area contributed by atoms with Crippen molar-refractivity contribution in [1.29, 1.82) is 0 Å². The van der Waals surface area contributed by atoms with Crippen molar-refractivity contribution in [3.8, 4) is 5.75 Å². The summed E-state index contributed by atoms with van der Waals surface area (Å²) in [5.74, 6) is 0.193. The van der Waals surface area contributed by atoms with Crippen LogP contribution in [0, 0.1) is 0 Å². The number of nitrogens with zero attached hydrogens (tertiary/aromatic N) is 2. The van der Waals surface area contributed by atoms with E-state index in [1.54, 1.807) is 4.90 Å². The van der Waals surface area contributed by atoms with Gasteiger partial charge in [-0.15, -0.1) is 0 Å². The Morgan fingerprint density at radius 2 is 1.86 bits per heavy atom. The topological polar surface area (TPSA) is 54.0 Å². The van der Waals surface area contributed by atoms with Crippen LogP contribution in [0.5, 0.6) is 5.75 Å². The van der Waals surface area contributed by atoms with Gasteiger partial charge in [-0.2, -0.15) is 0 Å². The molecule has 1 saturated heterocycles. The van der Waals surface area contributed by atoms with Gasteiger partial charge in [0.2, 0.25) is 0 Å². The molecular weight excluding hydrogens is 509 g/mol. The lowest BCUT2D eigenvalue weighted by molar-refractivity contribution is -0.135. The zero-order valence-electron chi connectivity index (χ0n) is 19.5. The Morgan fingerprint density at radius 3 is 2.51 bits per heavy atom. The van der Waals surface area contributed by atoms with E-state index in [9.17, 15) is 4.79 Å². The number of nitrogens with one attached hydrogen (secondary N) is 1. The Kier molecular flexibility index (Phi) is 8.84. The number of rotatable bonds is 10. The molecule has 2 aromatic carbocycles. The highest BCUT2D eigenvalue weighted by atomic mass is 35.6. The molecule has 0 spiro atoms. The van der Waals surface area contributed by atoms with Crippen molar-refractivity contribution in [2.24, 2.45) is 0 Å². The van der Waals surface area contributed by atoms with Crippen molar-refractivity contribution in [3.05, 3.63) is 72.3 Å². The molecular formula is C26H30Cl3N3O3. The first-order valence-electron chi connectivity index (χ1n) is 11.7. The fourth-order valence-electron chi connectivity index (χ4n) is 4.33. The van der Waals surface area contributed by atoms with Gasteiger partial charge in [0.1, 0.15) is 12.4 Å². The molecule has 4 rings (SSSR count). The summed E-state index contributed by atoms with van der Waals surface area (Å²) >= 11 is 18.2. The van der Waals surface area contributed by atoms with E-state index in [2.05, 4.69) is 10.2 Å². The minimum atomic E-state index is -2.06. The molecule has 0 saturated carbocycles. The van der Waals surface area contributed by atoms with Crippen LogP contribution < -0.4 is 10.1 Å². The summed E-state index contributed by atoms with van der Waals surface area (Å²) in [7, 11) is 0. The number of amides is 1. The minimum absolute atomic E-state index is 0.182. The first kappa shape index (κ1) is 26.1. The molecule has 6 nitrogen and oxygen atoms in total. The molecule has 0 aromatic heterocycles. The van der Waals surface area contributed by atoms with Gasteiger partial charge < -0.3 is 19.7 Å². The quantitative estimate of drug-likeness (QED) is 0.265. The van der Waals surface area contributed by atoms with Crippen molar-refractivity contribution in [1.82, 2.24) is 9.80 Å². The van der Waals surface area contributed by atoms with Gasteiger partial charge in [-0.1, -0.05) is 83.4 Å². The lowest BCUT2D eigenvalue weighted by atomic mass is 9.78. The average Bonchev–Trinajstić information content (AvgIpc) is 2.83. The van der Waals surface area contributed by atoms with Gasteiger partial charge in [-0.05, 0) is 30.5 Å². The molecule has 1 N–H and O–H groups in total. The number of morpholine rings is 1. The molecule has 1 unspecified atom stereocenters. The number of carbonyl (C=O) groups excluding carboxylic acids is 1. The van der Waals surface area contributed by atoms with Crippen LogP contribution in [0.3, 0.4) is 0 Å². The number of carbonyl (C=O) groups is 1. The predicted molar refractivity (Wildman–Crippen MR) is 141 cm³/mol. The Hall–Kier alpha value is -1.96. The van der Waals surface area contributed by atoms with Crippen LogP contribution in [-0.2, 0) is 16.0 Å². The van der Waals surface area contributed by atoms with E-state index >= 15 is 0 Å². The van der Waals surface area contributed by atoms with Crippen LogP contribution in [-0.4, -0.2) is 71.2 Å². The maximum absolute atomic E-state index is 13.2. The van der Waals surface area contributed by atoms with E-state index in [-0.39, 0.29) is 6.67 Å². The number of alkyl halides is 3. The van der Waals surface area contributed by atoms with Crippen LogP contribution in [0.15, 0.2) is 66.7 Å². The summed E-state index contributed by atoms with van der Waals surface area (Å²) in [5.41, 5.74) is 1.35. The molecule has 9 heteroatoms. The summed E-state index contributed by atoms with van der Waals surface area (Å²) in [6, 6.07) is 17.7. The molecule has 1 amide bonds. The summed E-state index contributed by atoms with van der Waals surface area (Å²) in [6.45, 7) is 5.01. The highest BCUT2D eigenvalue weighted by Crippen LogP contribution is 2.39. The average molecular weight is 539 g/mol. The van der Waals surface area contributed by atoms with Crippen LogP contribution in [0.2, 0.25) is 0 Å². The first-order chi connectivity index (χ1) is 16.9.